The summed E-state index contributed by atoms with van der Waals surface area (Å²) in [6, 6.07) is 10.9. The van der Waals surface area contributed by atoms with Crippen LogP contribution in [0.3, 0.4) is 0 Å². The van der Waals surface area contributed by atoms with E-state index in [9.17, 15) is 14.9 Å². The summed E-state index contributed by atoms with van der Waals surface area (Å²) in [5, 5.41) is 12.8. The molecule has 0 atom stereocenters. The zero-order valence-electron chi connectivity index (χ0n) is 16.7. The van der Waals surface area contributed by atoms with Gasteiger partial charge in [0.1, 0.15) is 16.8 Å². The van der Waals surface area contributed by atoms with Gasteiger partial charge in [-0.1, -0.05) is 31.7 Å². The number of thioether (sulfide) groups is 1. The number of amides is 1. The van der Waals surface area contributed by atoms with Crippen LogP contribution in [0.2, 0.25) is 0 Å². The van der Waals surface area contributed by atoms with Crippen molar-refractivity contribution in [3.63, 3.8) is 0 Å². The van der Waals surface area contributed by atoms with Gasteiger partial charge < -0.3 is 10.1 Å². The van der Waals surface area contributed by atoms with Crippen LogP contribution in [0.25, 0.3) is 0 Å². The number of ether oxygens (including phenoxy) is 1. The molecule has 3 rings (SSSR count). The first-order chi connectivity index (χ1) is 13.8. The van der Waals surface area contributed by atoms with Crippen LogP contribution in [-0.4, -0.2) is 29.0 Å². The minimum Gasteiger partial charge on any atom is -0.494 e. The maximum absolute atomic E-state index is 12.4. The molecule has 0 radical (unpaired) electrons. The fourth-order valence-electron chi connectivity index (χ4n) is 3.31. The Morgan fingerprint density at radius 2 is 2.14 bits per heavy atom. The summed E-state index contributed by atoms with van der Waals surface area (Å²) in [5.41, 5.74) is 2.05. The molecular weight excluding hydrogens is 386 g/mol. The van der Waals surface area contributed by atoms with Crippen LogP contribution in [-0.2, 0) is 11.2 Å². The molecule has 150 valence electrons. The molecule has 29 heavy (non-hydrogen) atoms. The predicted octanol–water partition coefficient (Wildman–Crippen LogP) is 4.24. The van der Waals surface area contributed by atoms with Gasteiger partial charge in [-0.2, -0.15) is 5.26 Å². The summed E-state index contributed by atoms with van der Waals surface area (Å²) in [4.78, 5) is 29.3. The molecule has 2 aromatic rings. The zero-order valence-corrected chi connectivity index (χ0v) is 17.6. The summed E-state index contributed by atoms with van der Waals surface area (Å²) in [6.07, 6.45) is 1.12. The Morgan fingerprint density at radius 3 is 2.86 bits per heavy atom. The summed E-state index contributed by atoms with van der Waals surface area (Å²) in [6.45, 7) is 6.51. The average molecular weight is 410 g/mol. The van der Waals surface area contributed by atoms with E-state index >= 15 is 0 Å². The van der Waals surface area contributed by atoms with Crippen molar-refractivity contribution in [2.24, 2.45) is 5.41 Å². The molecule has 1 aliphatic rings. The number of hydrogen-bond acceptors (Lipinski definition) is 6. The van der Waals surface area contributed by atoms with E-state index in [0.717, 1.165) is 0 Å². The largest absolute Gasteiger partial charge is 0.494 e. The van der Waals surface area contributed by atoms with E-state index < -0.39 is 0 Å². The van der Waals surface area contributed by atoms with Gasteiger partial charge in [0, 0.05) is 23.7 Å². The van der Waals surface area contributed by atoms with E-state index in [4.69, 9.17) is 4.74 Å². The highest BCUT2D eigenvalue weighted by Gasteiger charge is 2.32. The molecule has 1 heterocycles. The van der Waals surface area contributed by atoms with Gasteiger partial charge in [0.25, 0.3) is 0 Å². The van der Waals surface area contributed by atoms with Gasteiger partial charge in [0.15, 0.2) is 5.78 Å². The first-order valence-electron chi connectivity index (χ1n) is 9.44. The number of anilines is 1. The Kier molecular flexibility index (Phi) is 6.23. The molecule has 0 bridgehead atoms. The minimum atomic E-state index is -0.205. The molecule has 1 amide bonds. The summed E-state index contributed by atoms with van der Waals surface area (Å²) in [7, 11) is 0. The standard InChI is InChI=1S/C22H23N3O3S/c1-4-28-16-7-5-6-15(9-16)24-20(27)13-29-21-14(12-23)8-17-18(25-21)10-22(2,3)11-19(17)26/h5-9H,4,10-11,13H2,1-3H3,(H,24,27). The maximum atomic E-state index is 12.4. The molecule has 0 saturated heterocycles. The molecule has 1 aliphatic carbocycles. The van der Waals surface area contributed by atoms with Crippen molar-refractivity contribution in [2.45, 2.75) is 38.6 Å². The van der Waals surface area contributed by atoms with Gasteiger partial charge in [-0.3, -0.25) is 9.59 Å². The van der Waals surface area contributed by atoms with Crippen LogP contribution in [0.1, 0.15) is 48.8 Å². The SMILES string of the molecule is CCOc1cccc(NC(=O)CSc2nc3c(cc2C#N)C(=O)CC(C)(C)C3)c1. The predicted molar refractivity (Wildman–Crippen MR) is 112 cm³/mol. The number of nitriles is 1. The van der Waals surface area contributed by atoms with Crippen molar-refractivity contribution in [3.05, 3.63) is 47.2 Å². The third-order valence-electron chi connectivity index (χ3n) is 4.54. The molecular formula is C22H23N3O3S. The van der Waals surface area contributed by atoms with Crippen LogP contribution in [0.5, 0.6) is 5.75 Å². The van der Waals surface area contributed by atoms with Gasteiger partial charge in [0.2, 0.25) is 5.91 Å². The van der Waals surface area contributed by atoms with E-state index in [2.05, 4.69) is 16.4 Å². The molecule has 0 unspecified atom stereocenters. The highest BCUT2D eigenvalue weighted by atomic mass is 32.2. The highest BCUT2D eigenvalue weighted by molar-refractivity contribution is 8.00. The van der Waals surface area contributed by atoms with Crippen LogP contribution in [0.4, 0.5) is 5.69 Å². The molecule has 7 heteroatoms. The molecule has 0 fully saturated rings. The summed E-state index contributed by atoms with van der Waals surface area (Å²) in [5.74, 6) is 0.608. The van der Waals surface area contributed by atoms with Crippen molar-refractivity contribution in [1.29, 1.82) is 5.26 Å². The number of ketones is 1. The number of aromatic nitrogens is 1. The topological polar surface area (TPSA) is 92.1 Å². The molecule has 1 aromatic heterocycles. The zero-order chi connectivity index (χ0) is 21.0. The Labute approximate surface area is 174 Å². The lowest BCUT2D eigenvalue weighted by Crippen LogP contribution is -2.28. The number of nitrogens with one attached hydrogen (secondary N) is 1. The number of nitrogens with zero attached hydrogens (tertiary/aromatic N) is 2. The average Bonchev–Trinajstić information content (AvgIpc) is 2.65. The first kappa shape index (κ1) is 20.9. The van der Waals surface area contributed by atoms with E-state index in [-0.39, 0.29) is 22.9 Å². The van der Waals surface area contributed by atoms with Crippen LogP contribution >= 0.6 is 11.8 Å². The van der Waals surface area contributed by atoms with E-state index in [1.165, 1.54) is 11.8 Å². The molecule has 1 N–H and O–H groups in total. The molecule has 1 aromatic carbocycles. The van der Waals surface area contributed by atoms with Gasteiger partial charge >= 0.3 is 0 Å². The molecule has 0 aliphatic heterocycles. The number of carbonyl (C=O) groups is 2. The van der Waals surface area contributed by atoms with Crippen molar-refractivity contribution in [3.8, 4) is 11.8 Å². The fraction of sp³-hybridized carbons (Fsp3) is 0.364. The van der Waals surface area contributed by atoms with Crippen molar-refractivity contribution in [2.75, 3.05) is 17.7 Å². The first-order valence-corrected chi connectivity index (χ1v) is 10.4. The Bertz CT molecular complexity index is 995. The Morgan fingerprint density at radius 1 is 1.34 bits per heavy atom. The van der Waals surface area contributed by atoms with E-state index in [1.54, 1.807) is 18.2 Å². The van der Waals surface area contributed by atoms with E-state index in [1.807, 2.05) is 32.9 Å². The second-order valence-corrected chi connectivity index (χ2v) is 8.65. The Balaban J connectivity index is 1.72. The smallest absolute Gasteiger partial charge is 0.234 e. The van der Waals surface area contributed by atoms with Gasteiger partial charge in [-0.25, -0.2) is 4.98 Å². The van der Waals surface area contributed by atoms with Gasteiger partial charge in [-0.15, -0.1) is 0 Å². The number of pyridine rings is 1. The van der Waals surface area contributed by atoms with E-state index in [0.29, 0.717) is 52.7 Å². The molecule has 6 nitrogen and oxygen atoms in total. The normalized spacial score (nSPS) is 14.6. The van der Waals surface area contributed by atoms with Crippen molar-refractivity contribution < 1.29 is 14.3 Å². The summed E-state index contributed by atoms with van der Waals surface area (Å²) >= 11 is 1.20. The monoisotopic (exact) mass is 409 g/mol. The minimum absolute atomic E-state index is 0.0173. The van der Waals surface area contributed by atoms with Crippen LogP contribution < -0.4 is 10.1 Å². The maximum Gasteiger partial charge on any atom is 0.234 e. The number of benzene rings is 1. The highest BCUT2D eigenvalue weighted by Crippen LogP contribution is 2.36. The number of carbonyl (C=O) groups excluding carboxylic acids is 2. The number of rotatable bonds is 6. The van der Waals surface area contributed by atoms with Crippen molar-refractivity contribution >= 4 is 29.1 Å². The lowest BCUT2D eigenvalue weighted by Gasteiger charge is -2.29. The second-order valence-electron chi connectivity index (χ2n) is 7.69. The molecule has 0 saturated carbocycles. The third kappa shape index (κ3) is 5.15. The van der Waals surface area contributed by atoms with Crippen LogP contribution in [0, 0.1) is 16.7 Å². The van der Waals surface area contributed by atoms with Crippen LogP contribution in [0.15, 0.2) is 35.4 Å². The second kappa shape index (κ2) is 8.66. The number of fused-ring (bicyclic) bond motifs is 1. The Hall–Kier alpha value is -2.85. The lowest BCUT2D eigenvalue weighted by atomic mass is 9.75. The number of hydrogen-bond donors (Lipinski definition) is 1. The van der Waals surface area contributed by atoms with Gasteiger partial charge in [0.05, 0.1) is 23.6 Å². The fourth-order valence-corrected chi connectivity index (χ4v) is 4.08. The summed E-state index contributed by atoms with van der Waals surface area (Å²) < 4.78 is 5.44. The van der Waals surface area contributed by atoms with Gasteiger partial charge in [-0.05, 0) is 37.0 Å². The number of Topliss-reactive ketones (excluding diaryl/α,β-unsaturated/α-hetero) is 1. The third-order valence-corrected chi connectivity index (χ3v) is 5.53. The lowest BCUT2D eigenvalue weighted by molar-refractivity contribution is -0.113. The molecule has 0 spiro atoms. The van der Waals surface area contributed by atoms with Crippen molar-refractivity contribution in [1.82, 2.24) is 4.98 Å². The quantitative estimate of drug-likeness (QED) is 0.718.